The Morgan fingerprint density at radius 2 is 2.04 bits per heavy atom. The maximum atomic E-state index is 12.8. The Labute approximate surface area is 161 Å². The van der Waals surface area contributed by atoms with Crippen LogP contribution in [0, 0.1) is 0 Å². The highest BCUT2D eigenvalue weighted by Crippen LogP contribution is 2.36. The van der Waals surface area contributed by atoms with Crippen molar-refractivity contribution in [1.82, 2.24) is 4.98 Å². The third-order valence-corrected chi connectivity index (χ3v) is 5.46. The number of pyridine rings is 1. The molecule has 0 saturated heterocycles. The minimum absolute atomic E-state index is 0.172. The molecule has 4 rings (SSSR count). The minimum atomic E-state index is -0.447. The number of benzene rings is 1. The van der Waals surface area contributed by atoms with E-state index in [2.05, 4.69) is 17.5 Å². The summed E-state index contributed by atoms with van der Waals surface area (Å²) in [6.45, 7) is 1.21. The van der Waals surface area contributed by atoms with E-state index in [-0.39, 0.29) is 12.4 Å². The number of ether oxygens (including phenoxy) is 1. The maximum Gasteiger partial charge on any atom is 0.339 e. The number of para-hydroxylation sites is 1. The number of aromatic nitrogens is 1. The van der Waals surface area contributed by atoms with E-state index in [9.17, 15) is 9.59 Å². The van der Waals surface area contributed by atoms with Gasteiger partial charge in [0.25, 0.3) is 0 Å². The largest absolute Gasteiger partial charge is 0.454 e. The second-order valence-corrected chi connectivity index (χ2v) is 7.63. The molecule has 0 spiro atoms. The lowest BCUT2D eigenvalue weighted by atomic mass is 9.86. The van der Waals surface area contributed by atoms with Crippen molar-refractivity contribution in [3.63, 3.8) is 0 Å². The first kappa shape index (κ1) is 17.6. The fourth-order valence-electron chi connectivity index (χ4n) is 3.49. The summed E-state index contributed by atoms with van der Waals surface area (Å²) in [6.07, 6.45) is 4.82. The van der Waals surface area contributed by atoms with Gasteiger partial charge in [-0.15, -0.1) is 11.3 Å². The molecule has 1 aliphatic carbocycles. The molecule has 3 aromatic rings. The van der Waals surface area contributed by atoms with E-state index >= 15 is 0 Å². The van der Waals surface area contributed by atoms with Gasteiger partial charge in [0.1, 0.15) is 6.61 Å². The van der Waals surface area contributed by atoms with Gasteiger partial charge in [-0.25, -0.2) is 9.78 Å². The first-order valence-electron chi connectivity index (χ1n) is 8.96. The molecular formula is C22H19NO3S. The molecule has 2 heterocycles. The molecule has 0 bridgehead atoms. The van der Waals surface area contributed by atoms with Gasteiger partial charge in [0.15, 0.2) is 5.78 Å². The number of rotatable bonds is 4. The molecule has 0 radical (unpaired) electrons. The fourth-order valence-corrected chi connectivity index (χ4v) is 4.17. The number of esters is 1. The SMILES string of the molecule is CC(=O)COC(=O)c1c2c(nc3ccccc13)/C(=C\c1cccs1)CCC2. The fraction of sp³-hybridized carbons (Fsp3) is 0.227. The minimum Gasteiger partial charge on any atom is -0.454 e. The molecule has 1 aromatic carbocycles. The van der Waals surface area contributed by atoms with Crippen molar-refractivity contribution < 1.29 is 14.3 Å². The Morgan fingerprint density at radius 1 is 1.19 bits per heavy atom. The molecule has 0 N–H and O–H groups in total. The van der Waals surface area contributed by atoms with Crippen LogP contribution in [0.4, 0.5) is 0 Å². The summed E-state index contributed by atoms with van der Waals surface area (Å²) < 4.78 is 5.27. The molecule has 5 heteroatoms. The summed E-state index contributed by atoms with van der Waals surface area (Å²) in [5.74, 6) is -0.619. The zero-order chi connectivity index (χ0) is 18.8. The van der Waals surface area contributed by atoms with E-state index in [0.29, 0.717) is 5.56 Å². The van der Waals surface area contributed by atoms with Crippen molar-refractivity contribution in [2.45, 2.75) is 26.2 Å². The summed E-state index contributed by atoms with van der Waals surface area (Å²) in [7, 11) is 0. The van der Waals surface area contributed by atoms with Crippen molar-refractivity contribution in [2.24, 2.45) is 0 Å². The number of carbonyl (C=O) groups is 2. The highest BCUT2D eigenvalue weighted by Gasteiger charge is 2.26. The summed E-state index contributed by atoms with van der Waals surface area (Å²) in [6, 6.07) is 11.7. The van der Waals surface area contributed by atoms with Gasteiger partial charge in [0, 0.05) is 10.3 Å². The van der Waals surface area contributed by atoms with Crippen LogP contribution in [0.3, 0.4) is 0 Å². The Bertz CT molecular complexity index is 1050. The van der Waals surface area contributed by atoms with Crippen LogP contribution in [0.2, 0.25) is 0 Å². The van der Waals surface area contributed by atoms with Crippen molar-refractivity contribution in [3.05, 3.63) is 63.5 Å². The Kier molecular flexibility index (Phi) is 4.86. The van der Waals surface area contributed by atoms with E-state index < -0.39 is 5.97 Å². The first-order valence-corrected chi connectivity index (χ1v) is 9.84. The summed E-state index contributed by atoms with van der Waals surface area (Å²) in [5, 5.41) is 2.83. The van der Waals surface area contributed by atoms with E-state index in [0.717, 1.165) is 47.0 Å². The number of nitrogens with zero attached hydrogens (tertiary/aromatic N) is 1. The maximum absolute atomic E-state index is 12.8. The van der Waals surface area contributed by atoms with E-state index in [1.807, 2.05) is 30.3 Å². The predicted molar refractivity (Wildman–Crippen MR) is 108 cm³/mol. The average molecular weight is 377 g/mol. The molecule has 136 valence electrons. The highest BCUT2D eigenvalue weighted by atomic mass is 32.1. The number of thiophene rings is 1. The van der Waals surface area contributed by atoms with Crippen LogP contribution in [-0.4, -0.2) is 23.3 Å². The van der Waals surface area contributed by atoms with Gasteiger partial charge < -0.3 is 4.74 Å². The van der Waals surface area contributed by atoms with Gasteiger partial charge in [-0.05, 0) is 60.9 Å². The van der Waals surface area contributed by atoms with E-state index in [4.69, 9.17) is 9.72 Å². The zero-order valence-corrected chi connectivity index (χ0v) is 15.8. The average Bonchev–Trinajstić information content (AvgIpc) is 3.18. The molecule has 0 unspecified atom stereocenters. The van der Waals surface area contributed by atoms with Crippen molar-refractivity contribution in [1.29, 1.82) is 0 Å². The lowest BCUT2D eigenvalue weighted by Crippen LogP contribution is -2.17. The molecule has 0 aliphatic heterocycles. The normalized spacial score (nSPS) is 14.9. The number of fused-ring (bicyclic) bond motifs is 2. The van der Waals surface area contributed by atoms with Crippen LogP contribution in [0.1, 0.15) is 46.3 Å². The molecular weight excluding hydrogens is 358 g/mol. The molecule has 1 aliphatic rings. The molecule has 27 heavy (non-hydrogen) atoms. The second-order valence-electron chi connectivity index (χ2n) is 6.65. The lowest BCUT2D eigenvalue weighted by Gasteiger charge is -2.22. The summed E-state index contributed by atoms with van der Waals surface area (Å²) in [4.78, 5) is 30.2. The van der Waals surface area contributed by atoms with Gasteiger partial charge in [0.2, 0.25) is 0 Å². The van der Waals surface area contributed by atoms with Crippen LogP contribution >= 0.6 is 11.3 Å². The zero-order valence-electron chi connectivity index (χ0n) is 15.0. The molecule has 0 atom stereocenters. The number of allylic oxidation sites excluding steroid dienone is 1. The Morgan fingerprint density at radius 3 is 2.81 bits per heavy atom. The quantitative estimate of drug-likeness (QED) is 0.606. The van der Waals surface area contributed by atoms with Crippen LogP contribution in [0.5, 0.6) is 0 Å². The van der Waals surface area contributed by atoms with Crippen LogP contribution in [0.15, 0.2) is 41.8 Å². The smallest absolute Gasteiger partial charge is 0.339 e. The third-order valence-electron chi connectivity index (χ3n) is 4.64. The summed E-state index contributed by atoms with van der Waals surface area (Å²) >= 11 is 1.68. The number of ketones is 1. The van der Waals surface area contributed by atoms with E-state index in [1.54, 1.807) is 11.3 Å². The first-order chi connectivity index (χ1) is 13.1. The van der Waals surface area contributed by atoms with Crippen molar-refractivity contribution in [3.8, 4) is 0 Å². The molecule has 0 amide bonds. The number of Topliss-reactive ketones (excluding diaryl/α,β-unsaturated/α-hetero) is 1. The Hall–Kier alpha value is -2.79. The number of hydrogen-bond donors (Lipinski definition) is 0. The summed E-state index contributed by atoms with van der Waals surface area (Å²) in [5.41, 5.74) is 4.27. The van der Waals surface area contributed by atoms with Gasteiger partial charge in [0.05, 0.1) is 16.8 Å². The highest BCUT2D eigenvalue weighted by molar-refractivity contribution is 7.10. The van der Waals surface area contributed by atoms with Crippen LogP contribution in [0.25, 0.3) is 22.6 Å². The number of hydrogen-bond acceptors (Lipinski definition) is 5. The van der Waals surface area contributed by atoms with Crippen LogP contribution in [-0.2, 0) is 16.0 Å². The van der Waals surface area contributed by atoms with Crippen molar-refractivity contribution >= 4 is 45.6 Å². The van der Waals surface area contributed by atoms with Gasteiger partial charge in [-0.2, -0.15) is 0 Å². The monoisotopic (exact) mass is 377 g/mol. The van der Waals surface area contributed by atoms with Crippen molar-refractivity contribution in [2.75, 3.05) is 6.61 Å². The molecule has 2 aromatic heterocycles. The van der Waals surface area contributed by atoms with Gasteiger partial charge >= 0.3 is 5.97 Å². The topological polar surface area (TPSA) is 56.3 Å². The molecule has 4 nitrogen and oxygen atoms in total. The Balaban J connectivity index is 1.89. The standard InChI is InChI=1S/C22H19NO3S/c1-14(24)13-26-22(25)20-17-8-2-3-10-19(17)23-21-15(6-4-9-18(20)21)12-16-7-5-11-27-16/h2-3,5,7-8,10-12H,4,6,9,13H2,1H3/b15-12-. The lowest BCUT2D eigenvalue weighted by molar-refractivity contribution is -0.120. The molecule has 0 saturated carbocycles. The predicted octanol–water partition coefficient (Wildman–Crippen LogP) is 4.92. The van der Waals surface area contributed by atoms with E-state index in [1.165, 1.54) is 11.8 Å². The van der Waals surface area contributed by atoms with Gasteiger partial charge in [-0.1, -0.05) is 24.3 Å². The second kappa shape index (κ2) is 7.45. The molecule has 0 fully saturated rings. The third kappa shape index (κ3) is 3.55. The number of carbonyl (C=O) groups excluding carboxylic acids is 2. The van der Waals surface area contributed by atoms with Gasteiger partial charge in [-0.3, -0.25) is 4.79 Å². The van der Waals surface area contributed by atoms with Crippen LogP contribution < -0.4 is 0 Å².